The molecule has 0 bridgehead atoms. The highest BCUT2D eigenvalue weighted by atomic mass is 32.2. The number of likely N-dealkylation sites (tertiary alicyclic amines) is 1. The maximum absolute atomic E-state index is 12.8. The van der Waals surface area contributed by atoms with Gasteiger partial charge in [-0.1, -0.05) is 12.5 Å². The predicted molar refractivity (Wildman–Crippen MR) is 120 cm³/mol. The van der Waals surface area contributed by atoms with Crippen molar-refractivity contribution < 1.29 is 23.2 Å². The van der Waals surface area contributed by atoms with Crippen LogP contribution in [0.4, 0.5) is 0 Å². The first-order valence-corrected chi connectivity index (χ1v) is 12.3. The third-order valence-electron chi connectivity index (χ3n) is 5.75. The summed E-state index contributed by atoms with van der Waals surface area (Å²) in [5.41, 5.74) is 3.50. The zero-order chi connectivity index (χ0) is 23.3. The van der Waals surface area contributed by atoms with Crippen molar-refractivity contribution in [1.29, 1.82) is 0 Å². The standard InChI is InChI=1S/C22H27N5O5S/c28-22(25-29)21(26-11-3-1-4-12-26)15-24-33(30,31)19-9-7-18(8-10-19)32-16-17-14-23-27-13-5-2-6-20(17)27/h2,5-10,13-14,21,24,29H,1,3-4,11-12,15-16H2,(H,25,28). The van der Waals surface area contributed by atoms with Gasteiger partial charge in [-0.2, -0.15) is 5.10 Å². The van der Waals surface area contributed by atoms with Crippen LogP contribution in [0.25, 0.3) is 5.52 Å². The summed E-state index contributed by atoms with van der Waals surface area (Å²) in [4.78, 5) is 14.0. The molecule has 1 atom stereocenters. The van der Waals surface area contributed by atoms with E-state index in [4.69, 9.17) is 9.94 Å². The van der Waals surface area contributed by atoms with Crippen LogP contribution in [-0.2, 0) is 21.4 Å². The van der Waals surface area contributed by atoms with E-state index >= 15 is 0 Å². The number of hydrogen-bond acceptors (Lipinski definition) is 7. The van der Waals surface area contributed by atoms with Crippen molar-refractivity contribution in [2.24, 2.45) is 0 Å². The van der Waals surface area contributed by atoms with Gasteiger partial charge in [0, 0.05) is 18.3 Å². The number of carbonyl (C=O) groups excluding carboxylic acids is 1. The molecule has 1 fully saturated rings. The topological polar surface area (TPSA) is 125 Å². The van der Waals surface area contributed by atoms with Crippen molar-refractivity contribution in [3.05, 3.63) is 60.4 Å². The number of ether oxygens (including phenoxy) is 1. The van der Waals surface area contributed by atoms with Gasteiger partial charge in [0.2, 0.25) is 10.0 Å². The van der Waals surface area contributed by atoms with Gasteiger partial charge in [0.05, 0.1) is 16.6 Å². The third kappa shape index (κ3) is 5.50. The van der Waals surface area contributed by atoms with Gasteiger partial charge in [-0.3, -0.25) is 14.9 Å². The number of nitrogens with one attached hydrogen (secondary N) is 2. The smallest absolute Gasteiger partial charge is 0.262 e. The molecule has 33 heavy (non-hydrogen) atoms. The number of aromatic nitrogens is 2. The minimum Gasteiger partial charge on any atom is -0.489 e. The molecule has 1 aromatic carbocycles. The SMILES string of the molecule is O=C(NO)C(CNS(=O)(=O)c1ccc(OCc2cnn3ccccc23)cc1)N1CCCCC1. The number of piperidine rings is 1. The van der Waals surface area contributed by atoms with Crippen molar-refractivity contribution in [3.8, 4) is 5.75 Å². The molecule has 2 aromatic heterocycles. The summed E-state index contributed by atoms with van der Waals surface area (Å²) in [5, 5.41) is 13.3. The fourth-order valence-electron chi connectivity index (χ4n) is 3.94. The number of benzene rings is 1. The second-order valence-electron chi connectivity index (χ2n) is 7.90. The second kappa shape index (κ2) is 10.3. The van der Waals surface area contributed by atoms with Gasteiger partial charge in [0.25, 0.3) is 5.91 Å². The molecule has 3 aromatic rings. The van der Waals surface area contributed by atoms with Crippen molar-refractivity contribution in [1.82, 2.24) is 24.7 Å². The molecular formula is C22H27N5O5S. The van der Waals surface area contributed by atoms with Gasteiger partial charge < -0.3 is 4.74 Å². The van der Waals surface area contributed by atoms with Crippen LogP contribution in [0.15, 0.2) is 59.8 Å². The second-order valence-corrected chi connectivity index (χ2v) is 9.67. The first-order valence-electron chi connectivity index (χ1n) is 10.8. The highest BCUT2D eigenvalue weighted by molar-refractivity contribution is 7.89. The van der Waals surface area contributed by atoms with Crippen LogP contribution in [0.5, 0.6) is 5.75 Å². The van der Waals surface area contributed by atoms with Crippen LogP contribution in [0.2, 0.25) is 0 Å². The van der Waals surface area contributed by atoms with E-state index in [9.17, 15) is 13.2 Å². The molecule has 1 unspecified atom stereocenters. The van der Waals surface area contributed by atoms with Crippen LogP contribution >= 0.6 is 0 Å². The largest absolute Gasteiger partial charge is 0.489 e. The van der Waals surface area contributed by atoms with Crippen LogP contribution in [0.3, 0.4) is 0 Å². The number of hydrogen-bond donors (Lipinski definition) is 3. The molecule has 0 spiro atoms. The first kappa shape index (κ1) is 23.2. The van der Waals surface area contributed by atoms with Gasteiger partial charge in [-0.25, -0.2) is 23.1 Å². The monoisotopic (exact) mass is 473 g/mol. The van der Waals surface area contributed by atoms with E-state index in [0.717, 1.165) is 30.3 Å². The Balaban J connectivity index is 1.38. The molecule has 10 nitrogen and oxygen atoms in total. The van der Waals surface area contributed by atoms with Gasteiger partial charge in [-0.05, 0) is 62.3 Å². The summed E-state index contributed by atoms with van der Waals surface area (Å²) in [5.74, 6) is -0.105. The lowest BCUT2D eigenvalue weighted by Crippen LogP contribution is -2.53. The average molecular weight is 474 g/mol. The molecule has 176 valence electrons. The Labute approximate surface area is 192 Å². The molecule has 1 amide bonds. The third-order valence-corrected chi connectivity index (χ3v) is 7.19. The fraction of sp³-hybridized carbons (Fsp3) is 0.364. The predicted octanol–water partition coefficient (Wildman–Crippen LogP) is 1.55. The summed E-state index contributed by atoms with van der Waals surface area (Å²) in [6.45, 7) is 1.52. The molecule has 0 saturated carbocycles. The number of pyridine rings is 1. The van der Waals surface area contributed by atoms with E-state index in [1.807, 2.05) is 29.3 Å². The number of nitrogens with zero attached hydrogens (tertiary/aromatic N) is 3. The molecule has 3 N–H and O–H groups in total. The minimum absolute atomic E-state index is 0.0626. The quantitative estimate of drug-likeness (QED) is 0.318. The van der Waals surface area contributed by atoms with Crippen molar-refractivity contribution in [3.63, 3.8) is 0 Å². The molecule has 11 heteroatoms. The number of fused-ring (bicyclic) bond motifs is 1. The number of sulfonamides is 1. The fourth-order valence-corrected chi connectivity index (χ4v) is 4.98. The molecule has 1 saturated heterocycles. The van der Waals surface area contributed by atoms with Crippen LogP contribution in [0.1, 0.15) is 24.8 Å². The summed E-state index contributed by atoms with van der Waals surface area (Å²) < 4.78 is 35.6. The summed E-state index contributed by atoms with van der Waals surface area (Å²) in [7, 11) is -3.85. The van der Waals surface area contributed by atoms with E-state index in [1.54, 1.807) is 28.3 Å². The van der Waals surface area contributed by atoms with E-state index in [0.29, 0.717) is 25.4 Å². The van der Waals surface area contributed by atoms with Gasteiger partial charge >= 0.3 is 0 Å². The number of amides is 1. The van der Waals surface area contributed by atoms with Crippen molar-refractivity contribution in [2.75, 3.05) is 19.6 Å². The Hall–Kier alpha value is -2.99. The Morgan fingerprint density at radius 1 is 1.12 bits per heavy atom. The molecule has 0 radical (unpaired) electrons. The van der Waals surface area contributed by atoms with E-state index in [-0.39, 0.29) is 11.4 Å². The molecule has 1 aliphatic rings. The normalized spacial score (nSPS) is 15.9. The zero-order valence-corrected chi connectivity index (χ0v) is 18.9. The van der Waals surface area contributed by atoms with Gasteiger partial charge in [0.1, 0.15) is 18.4 Å². The zero-order valence-electron chi connectivity index (χ0n) is 18.1. The Morgan fingerprint density at radius 2 is 1.88 bits per heavy atom. The van der Waals surface area contributed by atoms with E-state index in [2.05, 4.69) is 9.82 Å². The first-order chi connectivity index (χ1) is 16.0. The lowest BCUT2D eigenvalue weighted by Gasteiger charge is -2.33. The minimum atomic E-state index is -3.85. The maximum atomic E-state index is 12.8. The average Bonchev–Trinajstić information content (AvgIpc) is 3.26. The highest BCUT2D eigenvalue weighted by Gasteiger charge is 2.28. The van der Waals surface area contributed by atoms with Crippen LogP contribution in [-0.4, -0.2) is 59.7 Å². The van der Waals surface area contributed by atoms with Crippen LogP contribution in [0, 0.1) is 0 Å². The number of hydroxylamine groups is 1. The lowest BCUT2D eigenvalue weighted by molar-refractivity contribution is -0.135. The summed E-state index contributed by atoms with van der Waals surface area (Å²) in [6.07, 6.45) is 6.52. The highest BCUT2D eigenvalue weighted by Crippen LogP contribution is 2.19. The van der Waals surface area contributed by atoms with E-state index in [1.165, 1.54) is 12.1 Å². The van der Waals surface area contributed by atoms with Crippen LogP contribution < -0.4 is 14.9 Å². The summed E-state index contributed by atoms with van der Waals surface area (Å²) >= 11 is 0. The number of rotatable bonds is 9. The van der Waals surface area contributed by atoms with Crippen molar-refractivity contribution in [2.45, 2.75) is 36.8 Å². The van der Waals surface area contributed by atoms with E-state index < -0.39 is 22.0 Å². The molecule has 1 aliphatic heterocycles. The Kier molecular flexibility index (Phi) is 7.23. The van der Waals surface area contributed by atoms with Gasteiger partial charge in [-0.15, -0.1) is 0 Å². The molecular weight excluding hydrogens is 446 g/mol. The maximum Gasteiger partial charge on any atom is 0.262 e. The lowest BCUT2D eigenvalue weighted by atomic mass is 10.1. The number of carbonyl (C=O) groups is 1. The summed E-state index contributed by atoms with van der Waals surface area (Å²) in [6, 6.07) is 11.1. The molecule has 0 aliphatic carbocycles. The molecule has 4 rings (SSSR count). The Bertz CT molecular complexity index is 1190. The van der Waals surface area contributed by atoms with Crippen molar-refractivity contribution >= 4 is 21.4 Å². The van der Waals surface area contributed by atoms with Gasteiger partial charge in [0.15, 0.2) is 0 Å². The molecule has 3 heterocycles. The Morgan fingerprint density at radius 3 is 2.61 bits per heavy atom.